The van der Waals surface area contributed by atoms with Crippen molar-refractivity contribution < 1.29 is 19.4 Å². The fraction of sp³-hybridized carbons (Fsp3) is 0.412. The van der Waals surface area contributed by atoms with Gasteiger partial charge in [-0.25, -0.2) is 4.79 Å². The van der Waals surface area contributed by atoms with Crippen LogP contribution in [0.5, 0.6) is 11.5 Å². The standard InChI is InChI=1S/C17H22NO4P/c1-10(8-18-6-7-23)4-5-12-15(19)14-13(9-22-17(14)20)11(2)16(12)21-3/h4,8,19H,5-7,9,23H2,1-3H3/b10-4+,18-8?. The zero-order chi connectivity index (χ0) is 17.0. The van der Waals surface area contributed by atoms with E-state index in [2.05, 4.69) is 14.2 Å². The Labute approximate surface area is 138 Å². The third-order valence-electron chi connectivity index (χ3n) is 3.83. The maximum absolute atomic E-state index is 11.8. The predicted molar refractivity (Wildman–Crippen MR) is 93.9 cm³/mol. The highest BCUT2D eigenvalue weighted by molar-refractivity contribution is 7.16. The number of allylic oxidation sites excluding steroid dienone is 2. The van der Waals surface area contributed by atoms with E-state index in [9.17, 15) is 9.90 Å². The van der Waals surface area contributed by atoms with Crippen molar-refractivity contribution in [3.63, 3.8) is 0 Å². The molecule has 0 spiro atoms. The highest BCUT2D eigenvalue weighted by Crippen LogP contribution is 2.41. The summed E-state index contributed by atoms with van der Waals surface area (Å²) >= 11 is 0. The topological polar surface area (TPSA) is 68.1 Å². The lowest BCUT2D eigenvalue weighted by molar-refractivity contribution is 0.0533. The van der Waals surface area contributed by atoms with Crippen molar-refractivity contribution in [3.8, 4) is 11.5 Å². The molecule has 0 fully saturated rings. The number of benzene rings is 1. The van der Waals surface area contributed by atoms with Gasteiger partial charge >= 0.3 is 5.97 Å². The first-order chi connectivity index (χ1) is 11.0. The maximum Gasteiger partial charge on any atom is 0.342 e. The summed E-state index contributed by atoms with van der Waals surface area (Å²) < 4.78 is 10.5. The normalized spacial score (nSPS) is 14.3. The Kier molecular flexibility index (Phi) is 5.78. The van der Waals surface area contributed by atoms with Crippen LogP contribution < -0.4 is 4.74 Å². The van der Waals surface area contributed by atoms with Crippen molar-refractivity contribution in [1.82, 2.24) is 0 Å². The molecule has 0 radical (unpaired) electrons. The van der Waals surface area contributed by atoms with Gasteiger partial charge in [0.2, 0.25) is 0 Å². The number of nitrogens with zero attached hydrogens (tertiary/aromatic N) is 1. The van der Waals surface area contributed by atoms with E-state index in [-0.39, 0.29) is 17.9 Å². The number of rotatable bonds is 6. The van der Waals surface area contributed by atoms with Crippen molar-refractivity contribution in [3.05, 3.63) is 33.9 Å². The first-order valence-corrected chi connectivity index (χ1v) is 8.27. The van der Waals surface area contributed by atoms with Crippen LogP contribution in [-0.2, 0) is 17.8 Å². The molecule has 1 aromatic rings. The quantitative estimate of drug-likeness (QED) is 0.493. The van der Waals surface area contributed by atoms with Gasteiger partial charge in [0, 0.05) is 23.9 Å². The Hall–Kier alpha value is -1.87. The lowest BCUT2D eigenvalue weighted by Gasteiger charge is -2.15. The van der Waals surface area contributed by atoms with Gasteiger partial charge in [-0.2, -0.15) is 0 Å². The molecule has 1 aliphatic heterocycles. The minimum Gasteiger partial charge on any atom is -0.507 e. The highest BCUT2D eigenvalue weighted by Gasteiger charge is 2.31. The van der Waals surface area contributed by atoms with Crippen LogP contribution in [0.25, 0.3) is 0 Å². The molecule has 0 amide bonds. The number of hydrogen-bond acceptors (Lipinski definition) is 5. The van der Waals surface area contributed by atoms with Crippen molar-refractivity contribution in [2.45, 2.75) is 26.9 Å². The summed E-state index contributed by atoms with van der Waals surface area (Å²) in [5.41, 5.74) is 3.40. The minimum absolute atomic E-state index is 0.0455. The summed E-state index contributed by atoms with van der Waals surface area (Å²) in [7, 11) is 4.19. The third kappa shape index (κ3) is 3.56. The Bertz CT molecular complexity index is 680. The molecule has 1 heterocycles. The van der Waals surface area contributed by atoms with Crippen molar-refractivity contribution in [2.24, 2.45) is 4.99 Å². The summed E-state index contributed by atoms with van der Waals surface area (Å²) in [6, 6.07) is 0. The fourth-order valence-electron chi connectivity index (χ4n) is 2.63. The predicted octanol–water partition coefficient (Wildman–Crippen LogP) is 2.81. The summed E-state index contributed by atoms with van der Waals surface area (Å²) in [6.45, 7) is 4.76. The minimum atomic E-state index is -0.479. The molecule has 1 aromatic carbocycles. The molecule has 1 aliphatic rings. The first kappa shape index (κ1) is 17.5. The highest BCUT2D eigenvalue weighted by atomic mass is 31.0. The molecule has 1 unspecified atom stereocenters. The van der Waals surface area contributed by atoms with Crippen LogP contribution in [0.1, 0.15) is 34.0 Å². The molecule has 1 N–H and O–H groups in total. The molecule has 0 bridgehead atoms. The molecule has 0 aromatic heterocycles. The van der Waals surface area contributed by atoms with Gasteiger partial charge in [0.25, 0.3) is 0 Å². The molecule has 1 atom stereocenters. The molecular formula is C17H22NO4P. The van der Waals surface area contributed by atoms with Crippen LogP contribution in [0.4, 0.5) is 0 Å². The Morgan fingerprint density at radius 3 is 2.91 bits per heavy atom. The number of esters is 1. The lowest BCUT2D eigenvalue weighted by Crippen LogP contribution is -2.03. The summed E-state index contributed by atoms with van der Waals surface area (Å²) in [5.74, 6) is 0.0774. The van der Waals surface area contributed by atoms with Gasteiger partial charge in [0.05, 0.1) is 7.11 Å². The van der Waals surface area contributed by atoms with E-state index in [0.717, 1.165) is 23.8 Å². The van der Waals surface area contributed by atoms with E-state index >= 15 is 0 Å². The first-order valence-electron chi connectivity index (χ1n) is 7.46. The number of carbonyl (C=O) groups is 1. The van der Waals surface area contributed by atoms with E-state index in [1.807, 2.05) is 26.1 Å². The van der Waals surface area contributed by atoms with Gasteiger partial charge in [-0.1, -0.05) is 6.08 Å². The molecule has 0 saturated heterocycles. The molecule has 6 heteroatoms. The smallest absolute Gasteiger partial charge is 0.342 e. The second-order valence-corrected chi connectivity index (χ2v) is 5.97. The molecule has 23 heavy (non-hydrogen) atoms. The molecule has 5 nitrogen and oxygen atoms in total. The van der Waals surface area contributed by atoms with Gasteiger partial charge in [-0.3, -0.25) is 4.99 Å². The number of ether oxygens (including phenoxy) is 2. The summed E-state index contributed by atoms with van der Waals surface area (Å²) in [6.07, 6.45) is 5.14. The fourth-order valence-corrected chi connectivity index (χ4v) is 2.78. The average Bonchev–Trinajstić information content (AvgIpc) is 2.92. The second kappa shape index (κ2) is 7.60. The van der Waals surface area contributed by atoms with E-state index < -0.39 is 5.97 Å². The lowest BCUT2D eigenvalue weighted by atomic mass is 9.95. The van der Waals surface area contributed by atoms with Crippen LogP contribution >= 0.6 is 9.24 Å². The number of fused-ring (bicyclic) bond motifs is 1. The van der Waals surface area contributed by atoms with E-state index in [0.29, 0.717) is 23.3 Å². The largest absolute Gasteiger partial charge is 0.507 e. The number of phenols is 1. The van der Waals surface area contributed by atoms with E-state index in [4.69, 9.17) is 9.47 Å². The molecule has 124 valence electrons. The van der Waals surface area contributed by atoms with Gasteiger partial charge in [-0.15, -0.1) is 9.24 Å². The number of aliphatic imine (C=N–C) groups is 1. The number of aromatic hydroxyl groups is 1. The Morgan fingerprint density at radius 2 is 2.26 bits per heavy atom. The van der Waals surface area contributed by atoms with Gasteiger partial charge < -0.3 is 14.6 Å². The monoisotopic (exact) mass is 335 g/mol. The molecule has 0 saturated carbocycles. The van der Waals surface area contributed by atoms with Crippen LogP contribution in [0, 0.1) is 6.92 Å². The maximum atomic E-state index is 11.8. The van der Waals surface area contributed by atoms with Gasteiger partial charge in [-0.05, 0) is 37.6 Å². The molecule has 2 rings (SSSR count). The number of methoxy groups -OCH3 is 1. The number of phenolic OH excluding ortho intramolecular Hbond substituents is 1. The SMILES string of the molecule is COc1c(C)c2c(c(O)c1C/C=C(\C)C=NCCP)C(=O)OC2. The zero-order valence-corrected chi connectivity index (χ0v) is 14.8. The van der Waals surface area contributed by atoms with Crippen LogP contribution in [-0.4, -0.2) is 37.1 Å². The molecular weight excluding hydrogens is 313 g/mol. The number of cyclic esters (lactones) is 1. The van der Waals surface area contributed by atoms with Crippen molar-refractivity contribution >= 4 is 21.4 Å². The van der Waals surface area contributed by atoms with E-state index in [1.165, 1.54) is 0 Å². The average molecular weight is 335 g/mol. The number of carbonyl (C=O) groups excluding carboxylic acids is 1. The molecule has 0 aliphatic carbocycles. The van der Waals surface area contributed by atoms with Crippen molar-refractivity contribution in [1.29, 1.82) is 0 Å². The van der Waals surface area contributed by atoms with Crippen LogP contribution in [0.3, 0.4) is 0 Å². The zero-order valence-electron chi connectivity index (χ0n) is 13.7. The van der Waals surface area contributed by atoms with Crippen LogP contribution in [0.15, 0.2) is 16.6 Å². The van der Waals surface area contributed by atoms with E-state index in [1.54, 1.807) is 7.11 Å². The Balaban J connectivity index is 2.39. The summed E-state index contributed by atoms with van der Waals surface area (Å²) in [4.78, 5) is 16.1. The summed E-state index contributed by atoms with van der Waals surface area (Å²) in [5, 5.41) is 10.5. The number of hydrogen-bond donors (Lipinski definition) is 1. The third-order valence-corrected chi connectivity index (χ3v) is 4.09. The van der Waals surface area contributed by atoms with Crippen molar-refractivity contribution in [2.75, 3.05) is 19.8 Å². The van der Waals surface area contributed by atoms with Gasteiger partial charge in [0.1, 0.15) is 23.7 Å². The van der Waals surface area contributed by atoms with Crippen LogP contribution in [0.2, 0.25) is 0 Å². The Morgan fingerprint density at radius 1 is 1.52 bits per heavy atom. The van der Waals surface area contributed by atoms with Gasteiger partial charge in [0.15, 0.2) is 0 Å². The second-order valence-electron chi connectivity index (χ2n) is 5.39.